The summed E-state index contributed by atoms with van der Waals surface area (Å²) in [4.78, 5) is 25.3. The van der Waals surface area contributed by atoms with Gasteiger partial charge in [0, 0.05) is 27.0 Å². The molecule has 3 N–H and O–H groups in total. The molecule has 0 saturated heterocycles. The molecule has 2 aromatic carbocycles. The maximum atomic E-state index is 13.2. The number of rotatable bonds is 4. The van der Waals surface area contributed by atoms with Gasteiger partial charge in [0.25, 0.3) is 5.91 Å². The molecule has 0 aliphatic carbocycles. The molecule has 1 heterocycles. The van der Waals surface area contributed by atoms with E-state index in [-0.39, 0.29) is 11.8 Å². The van der Waals surface area contributed by atoms with E-state index in [1.165, 1.54) is 0 Å². The minimum absolute atomic E-state index is 0.240. The third-order valence-electron chi connectivity index (χ3n) is 4.63. The van der Waals surface area contributed by atoms with Gasteiger partial charge in [-0.1, -0.05) is 61.3 Å². The maximum absolute atomic E-state index is 13.2. The molecule has 28 heavy (non-hydrogen) atoms. The Kier molecular flexibility index (Phi) is 5.96. The van der Waals surface area contributed by atoms with E-state index in [9.17, 15) is 9.59 Å². The number of hydrogen-bond acceptors (Lipinski definition) is 2. The molecule has 0 aromatic heterocycles. The SMILES string of the molecule is CC1=C(C(=O)Nc2ccccc2C(C)C)[C@@H](c2c(Cl)cccc2Cl)NC(=O)N1. The molecule has 0 saturated carbocycles. The highest BCUT2D eigenvalue weighted by atomic mass is 35.5. The number of para-hydroxylation sites is 1. The first kappa shape index (κ1) is 20.2. The molecule has 1 atom stereocenters. The van der Waals surface area contributed by atoms with Gasteiger partial charge >= 0.3 is 6.03 Å². The number of carbonyl (C=O) groups excluding carboxylic acids is 2. The lowest BCUT2D eigenvalue weighted by Gasteiger charge is -2.30. The summed E-state index contributed by atoms with van der Waals surface area (Å²) in [6.07, 6.45) is 0. The van der Waals surface area contributed by atoms with Crippen molar-refractivity contribution in [3.8, 4) is 0 Å². The number of anilines is 1. The Morgan fingerprint density at radius 2 is 1.71 bits per heavy atom. The third kappa shape index (κ3) is 4.01. The highest BCUT2D eigenvalue weighted by Gasteiger charge is 2.34. The Morgan fingerprint density at radius 3 is 2.36 bits per heavy atom. The standard InChI is InChI=1S/C21H21Cl2N3O2/c1-11(2)13-7-4-5-10-16(13)25-20(27)17-12(3)24-21(28)26-19(17)18-14(22)8-6-9-15(18)23/h4-11,19H,1-3H3,(H,25,27)(H2,24,26,28)/t19-/m0/s1. The van der Waals surface area contributed by atoms with Crippen molar-refractivity contribution < 1.29 is 9.59 Å². The Morgan fingerprint density at radius 1 is 1.07 bits per heavy atom. The molecule has 0 bridgehead atoms. The molecule has 7 heteroatoms. The second kappa shape index (κ2) is 8.25. The lowest BCUT2D eigenvalue weighted by Crippen LogP contribution is -2.46. The highest BCUT2D eigenvalue weighted by molar-refractivity contribution is 6.36. The monoisotopic (exact) mass is 417 g/mol. The van der Waals surface area contributed by atoms with Crippen LogP contribution >= 0.6 is 23.2 Å². The Labute approximate surface area is 174 Å². The highest BCUT2D eigenvalue weighted by Crippen LogP contribution is 2.37. The molecule has 0 unspecified atom stereocenters. The first-order chi connectivity index (χ1) is 13.3. The van der Waals surface area contributed by atoms with Crippen molar-refractivity contribution >= 4 is 40.8 Å². The molecule has 1 aliphatic rings. The van der Waals surface area contributed by atoms with E-state index in [1.54, 1.807) is 25.1 Å². The normalized spacial score (nSPS) is 16.6. The van der Waals surface area contributed by atoms with Crippen LogP contribution in [0.5, 0.6) is 0 Å². The largest absolute Gasteiger partial charge is 0.327 e. The van der Waals surface area contributed by atoms with Crippen LogP contribution in [-0.4, -0.2) is 11.9 Å². The Bertz CT molecular complexity index is 950. The van der Waals surface area contributed by atoms with Crippen LogP contribution in [0.4, 0.5) is 10.5 Å². The van der Waals surface area contributed by atoms with E-state index >= 15 is 0 Å². The molecule has 3 amide bonds. The number of carbonyl (C=O) groups is 2. The van der Waals surface area contributed by atoms with Crippen molar-refractivity contribution in [2.24, 2.45) is 0 Å². The van der Waals surface area contributed by atoms with Gasteiger partial charge in [-0.25, -0.2) is 4.79 Å². The summed E-state index contributed by atoms with van der Waals surface area (Å²) in [5, 5.41) is 9.14. The Balaban J connectivity index is 2.03. The number of benzene rings is 2. The average molecular weight is 418 g/mol. The van der Waals surface area contributed by atoms with Crippen molar-refractivity contribution in [3.05, 3.63) is 74.9 Å². The lowest BCUT2D eigenvalue weighted by atomic mass is 9.94. The first-order valence-corrected chi connectivity index (χ1v) is 9.67. The van der Waals surface area contributed by atoms with Crippen LogP contribution in [0.25, 0.3) is 0 Å². The first-order valence-electron chi connectivity index (χ1n) is 8.92. The molecule has 5 nitrogen and oxygen atoms in total. The molecular weight excluding hydrogens is 397 g/mol. The van der Waals surface area contributed by atoms with Crippen LogP contribution in [-0.2, 0) is 4.79 Å². The van der Waals surface area contributed by atoms with Crippen molar-refractivity contribution in [1.29, 1.82) is 0 Å². The second-order valence-electron chi connectivity index (χ2n) is 6.90. The van der Waals surface area contributed by atoms with Gasteiger partial charge in [0.1, 0.15) is 0 Å². The topological polar surface area (TPSA) is 70.2 Å². The van der Waals surface area contributed by atoms with Gasteiger partial charge in [-0.15, -0.1) is 0 Å². The van der Waals surface area contributed by atoms with Gasteiger partial charge in [-0.05, 0) is 36.6 Å². The third-order valence-corrected chi connectivity index (χ3v) is 5.29. The van der Waals surface area contributed by atoms with Crippen LogP contribution in [0.3, 0.4) is 0 Å². The molecule has 0 radical (unpaired) electrons. The Hall–Kier alpha value is -2.50. The van der Waals surface area contributed by atoms with Gasteiger partial charge < -0.3 is 16.0 Å². The number of nitrogens with one attached hydrogen (secondary N) is 3. The predicted molar refractivity (Wildman–Crippen MR) is 113 cm³/mol. The van der Waals surface area contributed by atoms with E-state index in [0.29, 0.717) is 26.9 Å². The van der Waals surface area contributed by atoms with E-state index in [1.807, 2.05) is 24.3 Å². The van der Waals surface area contributed by atoms with E-state index < -0.39 is 12.1 Å². The fraction of sp³-hybridized carbons (Fsp3) is 0.238. The number of amides is 3. The van der Waals surface area contributed by atoms with Crippen molar-refractivity contribution in [1.82, 2.24) is 10.6 Å². The summed E-state index contributed by atoms with van der Waals surface area (Å²) >= 11 is 12.7. The summed E-state index contributed by atoms with van der Waals surface area (Å²) in [5.74, 6) is -0.0938. The van der Waals surface area contributed by atoms with E-state index in [2.05, 4.69) is 29.8 Å². The van der Waals surface area contributed by atoms with Crippen LogP contribution < -0.4 is 16.0 Å². The molecule has 0 spiro atoms. The summed E-state index contributed by atoms with van der Waals surface area (Å²) < 4.78 is 0. The summed E-state index contributed by atoms with van der Waals surface area (Å²) in [6, 6.07) is 11.5. The second-order valence-corrected chi connectivity index (χ2v) is 7.72. The lowest BCUT2D eigenvalue weighted by molar-refractivity contribution is -0.113. The summed E-state index contributed by atoms with van der Waals surface area (Å²) in [5.41, 5.74) is 3.04. The predicted octanol–water partition coefficient (Wildman–Crippen LogP) is 5.38. The fourth-order valence-electron chi connectivity index (χ4n) is 3.30. The molecule has 2 aromatic rings. The minimum Gasteiger partial charge on any atom is -0.327 e. The number of allylic oxidation sites excluding steroid dienone is 1. The fourth-order valence-corrected chi connectivity index (χ4v) is 3.92. The van der Waals surface area contributed by atoms with Crippen molar-refractivity contribution in [2.75, 3.05) is 5.32 Å². The van der Waals surface area contributed by atoms with E-state index in [4.69, 9.17) is 23.2 Å². The molecule has 146 valence electrons. The van der Waals surface area contributed by atoms with E-state index in [0.717, 1.165) is 11.3 Å². The number of halogens is 2. The molecule has 1 aliphatic heterocycles. The van der Waals surface area contributed by atoms with Crippen molar-refractivity contribution in [3.63, 3.8) is 0 Å². The summed E-state index contributed by atoms with van der Waals surface area (Å²) in [7, 11) is 0. The average Bonchev–Trinajstić information content (AvgIpc) is 2.61. The van der Waals surface area contributed by atoms with Crippen LogP contribution in [0.15, 0.2) is 53.7 Å². The minimum atomic E-state index is -0.763. The molecule has 0 fully saturated rings. The number of hydrogen-bond donors (Lipinski definition) is 3. The van der Waals surface area contributed by atoms with Gasteiger partial charge in [-0.2, -0.15) is 0 Å². The molecule has 3 rings (SSSR count). The quantitative estimate of drug-likeness (QED) is 0.624. The van der Waals surface area contributed by atoms with Gasteiger partial charge in [0.05, 0.1) is 11.6 Å². The van der Waals surface area contributed by atoms with Gasteiger partial charge in [-0.3, -0.25) is 4.79 Å². The van der Waals surface area contributed by atoms with Crippen LogP contribution in [0, 0.1) is 0 Å². The zero-order valence-corrected chi connectivity index (χ0v) is 17.3. The zero-order valence-electron chi connectivity index (χ0n) is 15.8. The summed E-state index contributed by atoms with van der Waals surface area (Å²) in [6.45, 7) is 5.80. The maximum Gasteiger partial charge on any atom is 0.319 e. The van der Waals surface area contributed by atoms with Gasteiger partial charge in [0.2, 0.25) is 0 Å². The smallest absolute Gasteiger partial charge is 0.319 e. The zero-order chi connectivity index (χ0) is 20.4. The van der Waals surface area contributed by atoms with Crippen molar-refractivity contribution in [2.45, 2.75) is 32.7 Å². The van der Waals surface area contributed by atoms with Crippen LogP contribution in [0.1, 0.15) is 43.9 Å². The van der Waals surface area contributed by atoms with Gasteiger partial charge in [0.15, 0.2) is 0 Å². The molecular formula is C21H21Cl2N3O2. The number of urea groups is 1. The van der Waals surface area contributed by atoms with Crippen LogP contribution in [0.2, 0.25) is 10.0 Å².